The predicted octanol–water partition coefficient (Wildman–Crippen LogP) is 36.6. The van der Waals surface area contributed by atoms with Crippen molar-refractivity contribution in [3.63, 3.8) is 0 Å². The highest BCUT2D eigenvalue weighted by molar-refractivity contribution is 5.85. The Morgan fingerprint density at radius 1 is 0.272 bits per heavy atom. The molecule has 1 saturated carbocycles. The number of rotatable bonds is 3. The molecular weight excluding hydrogens is 1430 g/mol. The second-order valence-corrected chi connectivity index (χ2v) is 37.4. The molecule has 2 aliphatic heterocycles. The molecule has 0 amide bonds. The molecule has 114 heavy (non-hydrogen) atoms. The zero-order valence-electron chi connectivity index (χ0n) is 75.5. The van der Waals surface area contributed by atoms with E-state index in [4.69, 9.17) is 14.2 Å². The summed E-state index contributed by atoms with van der Waals surface area (Å²) < 4.78 is 68.4. The van der Waals surface area contributed by atoms with Gasteiger partial charge in [0, 0.05) is 43.1 Å². The van der Waals surface area contributed by atoms with Gasteiger partial charge in [-0.25, -0.2) is 13.2 Å². The lowest BCUT2D eigenvalue weighted by atomic mass is 9.68. The second kappa shape index (κ2) is 77.1. The standard InChI is InChI=1S/C105H189F3N2O3.ClH/c106-98-84-83-85-99(94-98)113-103-96-101(108)100(107)95-102(103)110-91-82-81-90-109-89-80-76-72-68-64-60-56-52-48-44-40-36-32-28-24-20-16-12-8-10-14-18-22-26-30-34-38-42-46-50-54-58-62-66-70-74-78-87-104(97-110)86-77-73-69-65-61-57-53-49-45-41-37-33-29-25-21-17-13-9-6-4-2-1-3-5-7-11-15-19-23-27-31-35-39-43-47-51-55-59-63-67-71-75-79-88-105(104)111-92-93-112-105;/h83-85,94-96,109H,1-82,86-93,97H2;1H. The fourth-order valence-corrected chi connectivity index (χ4v) is 19.8. The van der Waals surface area contributed by atoms with Gasteiger partial charge in [0.05, 0.1) is 18.9 Å². The molecule has 1 atom stereocenters. The Bertz CT molecular complexity index is 2310. The van der Waals surface area contributed by atoms with Crippen LogP contribution in [0.25, 0.3) is 0 Å². The molecule has 0 radical (unpaired) electrons. The number of hydrogen-bond donors (Lipinski definition) is 1. The van der Waals surface area contributed by atoms with Crippen LogP contribution >= 0.6 is 12.4 Å². The number of anilines is 1. The van der Waals surface area contributed by atoms with Gasteiger partial charge in [0.25, 0.3) is 0 Å². The third-order valence-electron chi connectivity index (χ3n) is 27.1. The number of benzene rings is 2. The maximum atomic E-state index is 16.3. The molecule has 3 fully saturated rings. The highest BCUT2D eigenvalue weighted by atomic mass is 35.5. The number of hydrogen-bond acceptors (Lipinski definition) is 5. The minimum atomic E-state index is -0.959. The first kappa shape index (κ1) is 104. The fraction of sp³-hybridized carbons (Fsp3) is 0.886. The molecule has 1 N–H and O–H groups in total. The van der Waals surface area contributed by atoms with Gasteiger partial charge >= 0.3 is 0 Å². The van der Waals surface area contributed by atoms with Crippen LogP contribution in [0.1, 0.15) is 546 Å². The van der Waals surface area contributed by atoms with E-state index >= 15 is 13.2 Å². The van der Waals surface area contributed by atoms with Gasteiger partial charge in [0.1, 0.15) is 11.6 Å². The Hall–Kier alpha value is -2.00. The van der Waals surface area contributed by atoms with Gasteiger partial charge in [-0.1, -0.05) is 507 Å². The van der Waals surface area contributed by atoms with Crippen LogP contribution in [0.3, 0.4) is 0 Å². The van der Waals surface area contributed by atoms with Crippen LogP contribution in [0.4, 0.5) is 18.9 Å². The number of nitrogens with one attached hydrogen (secondary N) is 1. The van der Waals surface area contributed by atoms with Crippen molar-refractivity contribution in [2.45, 2.75) is 552 Å². The quantitative estimate of drug-likeness (QED) is 0.332. The zero-order valence-corrected chi connectivity index (χ0v) is 76.3. The lowest BCUT2D eigenvalue weighted by molar-refractivity contribution is -0.246. The second-order valence-electron chi connectivity index (χ2n) is 37.4. The summed E-state index contributed by atoms with van der Waals surface area (Å²) in [6.45, 7) is 4.33. The molecule has 2 heterocycles. The Morgan fingerprint density at radius 3 is 0.781 bits per heavy atom. The maximum absolute atomic E-state index is 16.3. The van der Waals surface area contributed by atoms with E-state index in [9.17, 15) is 0 Å². The molecule has 2 saturated heterocycles. The summed E-state index contributed by atoms with van der Waals surface area (Å²) in [4.78, 5) is 2.35. The van der Waals surface area contributed by atoms with Crippen molar-refractivity contribution in [2.24, 2.45) is 5.41 Å². The molecular formula is C105H190ClF3N2O3. The van der Waals surface area contributed by atoms with E-state index in [0.29, 0.717) is 32.0 Å². The van der Waals surface area contributed by atoms with Crippen LogP contribution in [0.5, 0.6) is 11.5 Å². The first-order valence-electron chi connectivity index (χ1n) is 51.7. The monoisotopic (exact) mass is 1620 g/mol. The number of nitrogens with zero attached hydrogens (tertiary/aromatic N) is 1. The average Bonchev–Trinajstić information content (AvgIpc) is 1.36. The largest absolute Gasteiger partial charge is 0.455 e. The molecule has 2 aromatic carbocycles. The van der Waals surface area contributed by atoms with Crippen molar-refractivity contribution in [2.75, 3.05) is 44.3 Å². The van der Waals surface area contributed by atoms with Crippen LogP contribution in [-0.4, -0.2) is 45.2 Å². The molecule has 3 aliphatic rings. The average molecular weight is 1620 g/mol. The Labute approximate surface area is 713 Å². The summed E-state index contributed by atoms with van der Waals surface area (Å²) in [5.74, 6) is -2.58. The van der Waals surface area contributed by atoms with E-state index in [0.717, 1.165) is 70.9 Å². The van der Waals surface area contributed by atoms with Gasteiger partial charge < -0.3 is 24.4 Å². The van der Waals surface area contributed by atoms with Crippen LogP contribution in [0, 0.1) is 22.9 Å². The molecule has 0 bridgehead atoms. The van der Waals surface area contributed by atoms with Crippen LogP contribution in [0.2, 0.25) is 0 Å². The summed E-state index contributed by atoms with van der Waals surface area (Å²) in [7, 11) is 0. The van der Waals surface area contributed by atoms with Crippen molar-refractivity contribution in [3.8, 4) is 11.5 Å². The number of fused-ring (bicyclic) bond motifs is 1. The molecule has 1 unspecified atom stereocenters. The van der Waals surface area contributed by atoms with Gasteiger partial charge in [-0.05, 0) is 63.7 Å². The summed E-state index contributed by atoms with van der Waals surface area (Å²) in [6.07, 6.45) is 115. The zero-order chi connectivity index (χ0) is 79.5. The van der Waals surface area contributed by atoms with Crippen LogP contribution < -0.4 is 15.0 Å². The van der Waals surface area contributed by atoms with Crippen molar-refractivity contribution in [3.05, 3.63) is 53.8 Å². The summed E-state index contributed by atoms with van der Waals surface area (Å²) in [5, 5.41) is 3.82. The van der Waals surface area contributed by atoms with Gasteiger partial charge in [0.2, 0.25) is 0 Å². The minimum absolute atomic E-state index is 0. The first-order valence-corrected chi connectivity index (χ1v) is 51.7. The molecule has 5 rings (SSSR count). The highest BCUT2D eigenvalue weighted by Gasteiger charge is 2.55. The van der Waals surface area contributed by atoms with Crippen molar-refractivity contribution < 1.29 is 27.4 Å². The van der Waals surface area contributed by atoms with E-state index in [-0.39, 0.29) is 23.9 Å². The topological polar surface area (TPSA) is 43.0 Å². The molecule has 0 aromatic heterocycles. The van der Waals surface area contributed by atoms with Gasteiger partial charge in [0.15, 0.2) is 23.2 Å². The van der Waals surface area contributed by atoms with Crippen molar-refractivity contribution >= 4 is 18.1 Å². The number of ether oxygens (including phenoxy) is 3. The summed E-state index contributed by atoms with van der Waals surface area (Å²) in [6, 6.07) is 8.68. The third kappa shape index (κ3) is 55.8. The Kier molecular flexibility index (Phi) is 70.6. The fourth-order valence-electron chi connectivity index (χ4n) is 19.8. The van der Waals surface area contributed by atoms with Crippen LogP contribution in [-0.2, 0) is 9.47 Å². The molecule has 9 heteroatoms. The predicted molar refractivity (Wildman–Crippen MR) is 495 cm³/mol. The smallest absolute Gasteiger partial charge is 0.175 e. The minimum Gasteiger partial charge on any atom is -0.455 e. The first-order chi connectivity index (χ1) is 56.0. The third-order valence-corrected chi connectivity index (χ3v) is 27.1. The van der Waals surface area contributed by atoms with Crippen molar-refractivity contribution in [1.82, 2.24) is 5.32 Å². The van der Waals surface area contributed by atoms with Gasteiger partial charge in [-0.15, -0.1) is 12.4 Å². The maximum Gasteiger partial charge on any atom is 0.175 e. The Balaban J connectivity index is 0.0000274. The van der Waals surface area contributed by atoms with Crippen LogP contribution in [0.15, 0.2) is 36.4 Å². The van der Waals surface area contributed by atoms with E-state index < -0.39 is 28.7 Å². The SMILES string of the molecule is Cl.Fc1cccc(Oc2cc(F)c(F)cc2N2CCCCNCCCCCCCCCCCCCCCCCCCCCCCCCCCCCCCCCCCCCCCC3(CCCCCCCCCCCCCCCCCCCCCCCCCCCCCCCCCCCCCCCCCCCCCC34OCCO4)C2)c1. The Morgan fingerprint density at radius 2 is 0.509 bits per heavy atom. The normalized spacial score (nSPS) is 24.1. The summed E-state index contributed by atoms with van der Waals surface area (Å²) in [5.41, 5.74) is 0.0938. The molecule has 1 aliphatic carbocycles. The van der Waals surface area contributed by atoms with E-state index in [2.05, 4.69) is 10.2 Å². The van der Waals surface area contributed by atoms with E-state index in [1.807, 2.05) is 0 Å². The summed E-state index contributed by atoms with van der Waals surface area (Å²) >= 11 is 0. The number of halogens is 4. The molecule has 2 aromatic rings. The molecule has 5 nitrogen and oxygen atoms in total. The van der Waals surface area contributed by atoms with Crippen molar-refractivity contribution in [1.29, 1.82) is 0 Å². The molecule has 2 spiro atoms. The van der Waals surface area contributed by atoms with Gasteiger partial charge in [-0.2, -0.15) is 0 Å². The van der Waals surface area contributed by atoms with Gasteiger partial charge in [-0.3, -0.25) is 0 Å². The lowest BCUT2D eigenvalue weighted by Crippen LogP contribution is -2.56. The van der Waals surface area contributed by atoms with E-state index in [1.165, 1.54) is 512 Å². The van der Waals surface area contributed by atoms with E-state index in [1.54, 1.807) is 12.1 Å². The molecule has 666 valence electrons. The highest BCUT2D eigenvalue weighted by Crippen LogP contribution is 2.52. The lowest BCUT2D eigenvalue weighted by Gasteiger charge is -2.50.